The lowest BCUT2D eigenvalue weighted by Crippen LogP contribution is -2.21. The van der Waals surface area contributed by atoms with Gasteiger partial charge in [0.25, 0.3) is 0 Å². The van der Waals surface area contributed by atoms with E-state index in [1.165, 1.54) is 0 Å². The van der Waals surface area contributed by atoms with E-state index >= 15 is 0 Å². The van der Waals surface area contributed by atoms with Crippen LogP contribution in [0, 0.1) is 20.8 Å². The van der Waals surface area contributed by atoms with Gasteiger partial charge in [-0.25, -0.2) is 0 Å². The molecular weight excluding hydrogens is 276 g/mol. The van der Waals surface area contributed by atoms with Crippen LogP contribution in [0.1, 0.15) is 17.0 Å². The predicted octanol–water partition coefficient (Wildman–Crippen LogP) is 2.68. The lowest BCUT2D eigenvalue weighted by molar-refractivity contribution is -0.116. The molecule has 3 N–H and O–H groups in total. The maximum Gasteiger partial charge on any atom is 0.246 e. The van der Waals surface area contributed by atoms with Crippen LogP contribution in [-0.4, -0.2) is 15.7 Å². The number of amides is 1. The van der Waals surface area contributed by atoms with Crippen molar-refractivity contribution in [3.05, 3.63) is 40.2 Å². The molecule has 106 valence electrons. The monoisotopic (exact) mass is 292 g/mol. The highest BCUT2D eigenvalue weighted by atomic mass is 35.5. The molecule has 2 rings (SSSR count). The fraction of sp³-hybridized carbons (Fsp3) is 0.286. The van der Waals surface area contributed by atoms with Gasteiger partial charge in [-0.1, -0.05) is 11.6 Å². The zero-order valence-corrected chi connectivity index (χ0v) is 12.5. The van der Waals surface area contributed by atoms with Gasteiger partial charge in [-0.3, -0.25) is 9.48 Å². The molecule has 1 aromatic carbocycles. The van der Waals surface area contributed by atoms with Gasteiger partial charge in [0, 0.05) is 10.7 Å². The Morgan fingerprint density at radius 3 is 2.65 bits per heavy atom. The Bertz CT molecular complexity index is 663. The van der Waals surface area contributed by atoms with Crippen LogP contribution in [0.2, 0.25) is 5.02 Å². The molecule has 1 amide bonds. The number of carbonyl (C=O) groups excluding carboxylic acids is 1. The zero-order chi connectivity index (χ0) is 14.9. The molecule has 0 radical (unpaired) electrons. The van der Waals surface area contributed by atoms with Crippen molar-refractivity contribution in [2.75, 3.05) is 11.1 Å². The molecule has 1 aromatic heterocycles. The Hall–Kier alpha value is -2.01. The van der Waals surface area contributed by atoms with Crippen molar-refractivity contribution in [1.29, 1.82) is 0 Å². The molecule has 1 heterocycles. The van der Waals surface area contributed by atoms with Crippen LogP contribution in [0.3, 0.4) is 0 Å². The van der Waals surface area contributed by atoms with Crippen LogP contribution in [-0.2, 0) is 11.3 Å². The standard InChI is InChI=1S/C14H17ClN4O/c1-8-9(2)18-19(10(8)3)7-14(20)17-13-5-4-11(15)6-12(13)16/h4-6H,7,16H2,1-3H3,(H,17,20). The number of anilines is 2. The lowest BCUT2D eigenvalue weighted by atomic mass is 10.2. The van der Waals surface area contributed by atoms with Gasteiger partial charge in [0.05, 0.1) is 17.1 Å². The van der Waals surface area contributed by atoms with Gasteiger partial charge in [-0.05, 0) is 44.5 Å². The van der Waals surface area contributed by atoms with Crippen LogP contribution in [0.4, 0.5) is 11.4 Å². The molecule has 0 unspecified atom stereocenters. The van der Waals surface area contributed by atoms with Crippen molar-refractivity contribution in [2.45, 2.75) is 27.3 Å². The number of carbonyl (C=O) groups is 1. The third-order valence-electron chi connectivity index (χ3n) is 3.32. The number of halogens is 1. The number of benzene rings is 1. The first kappa shape index (κ1) is 14.4. The van der Waals surface area contributed by atoms with E-state index in [1.54, 1.807) is 22.9 Å². The van der Waals surface area contributed by atoms with Crippen LogP contribution in [0.5, 0.6) is 0 Å². The topological polar surface area (TPSA) is 72.9 Å². The van der Waals surface area contributed by atoms with Gasteiger partial charge in [0.2, 0.25) is 5.91 Å². The molecule has 5 nitrogen and oxygen atoms in total. The Balaban J connectivity index is 2.11. The summed E-state index contributed by atoms with van der Waals surface area (Å²) in [5.41, 5.74) is 9.81. The number of hydrogen-bond acceptors (Lipinski definition) is 3. The van der Waals surface area contributed by atoms with Crippen molar-refractivity contribution in [2.24, 2.45) is 0 Å². The quantitative estimate of drug-likeness (QED) is 0.854. The summed E-state index contributed by atoms with van der Waals surface area (Å²) in [6.07, 6.45) is 0. The van der Waals surface area contributed by atoms with Gasteiger partial charge in [0.15, 0.2) is 0 Å². The minimum Gasteiger partial charge on any atom is -0.397 e. The molecule has 0 saturated carbocycles. The van der Waals surface area contributed by atoms with Gasteiger partial charge in [-0.15, -0.1) is 0 Å². The number of rotatable bonds is 3. The maximum absolute atomic E-state index is 12.0. The van der Waals surface area contributed by atoms with E-state index in [2.05, 4.69) is 10.4 Å². The fourth-order valence-corrected chi connectivity index (χ4v) is 2.09. The smallest absolute Gasteiger partial charge is 0.246 e. The van der Waals surface area contributed by atoms with Crippen LogP contribution in [0.25, 0.3) is 0 Å². The molecule has 0 fully saturated rings. The zero-order valence-electron chi connectivity index (χ0n) is 11.7. The summed E-state index contributed by atoms with van der Waals surface area (Å²) in [5, 5.41) is 7.63. The first-order chi connectivity index (χ1) is 9.38. The Labute approximate surface area is 122 Å². The van der Waals surface area contributed by atoms with E-state index < -0.39 is 0 Å². The number of nitrogens with zero attached hydrogens (tertiary/aromatic N) is 2. The Kier molecular flexibility index (Phi) is 3.99. The number of nitrogens with two attached hydrogens (primary N) is 1. The van der Waals surface area contributed by atoms with Gasteiger partial charge < -0.3 is 11.1 Å². The van der Waals surface area contributed by atoms with Gasteiger partial charge in [0.1, 0.15) is 6.54 Å². The third kappa shape index (κ3) is 2.93. The van der Waals surface area contributed by atoms with E-state index in [9.17, 15) is 4.79 Å². The number of aromatic nitrogens is 2. The molecule has 0 bridgehead atoms. The lowest BCUT2D eigenvalue weighted by Gasteiger charge is -2.09. The Morgan fingerprint density at radius 1 is 1.40 bits per heavy atom. The minimum absolute atomic E-state index is 0.155. The van der Waals surface area contributed by atoms with Crippen molar-refractivity contribution in [3.63, 3.8) is 0 Å². The van der Waals surface area contributed by atoms with E-state index in [0.717, 1.165) is 17.0 Å². The highest BCUT2D eigenvalue weighted by Gasteiger charge is 2.11. The largest absolute Gasteiger partial charge is 0.397 e. The molecule has 0 aliphatic carbocycles. The van der Waals surface area contributed by atoms with Crippen LogP contribution < -0.4 is 11.1 Å². The highest BCUT2D eigenvalue weighted by molar-refractivity contribution is 6.31. The number of nitrogens with one attached hydrogen (secondary N) is 1. The fourth-order valence-electron chi connectivity index (χ4n) is 1.91. The highest BCUT2D eigenvalue weighted by Crippen LogP contribution is 2.22. The average molecular weight is 293 g/mol. The normalized spacial score (nSPS) is 10.6. The summed E-state index contributed by atoms with van der Waals surface area (Å²) in [7, 11) is 0. The first-order valence-corrected chi connectivity index (χ1v) is 6.61. The molecule has 6 heteroatoms. The van der Waals surface area contributed by atoms with Crippen molar-refractivity contribution in [1.82, 2.24) is 9.78 Å². The van der Waals surface area contributed by atoms with Gasteiger partial charge in [-0.2, -0.15) is 5.10 Å². The second-order valence-corrected chi connectivity index (χ2v) is 5.17. The second-order valence-electron chi connectivity index (χ2n) is 4.73. The summed E-state index contributed by atoms with van der Waals surface area (Å²) in [6.45, 7) is 6.01. The summed E-state index contributed by atoms with van der Waals surface area (Å²) in [5.74, 6) is -0.176. The first-order valence-electron chi connectivity index (χ1n) is 6.24. The molecule has 0 atom stereocenters. The Morgan fingerprint density at radius 2 is 2.10 bits per heavy atom. The number of aryl methyl sites for hydroxylation is 1. The van der Waals surface area contributed by atoms with Crippen molar-refractivity contribution >= 4 is 28.9 Å². The summed E-state index contributed by atoms with van der Waals surface area (Å²) in [4.78, 5) is 12.0. The van der Waals surface area contributed by atoms with E-state index in [1.807, 2.05) is 20.8 Å². The number of nitrogen functional groups attached to an aromatic ring is 1. The molecule has 0 aliphatic rings. The summed E-state index contributed by atoms with van der Waals surface area (Å²) < 4.78 is 1.69. The van der Waals surface area contributed by atoms with E-state index in [0.29, 0.717) is 16.4 Å². The predicted molar refractivity (Wildman–Crippen MR) is 80.9 cm³/mol. The summed E-state index contributed by atoms with van der Waals surface area (Å²) >= 11 is 5.82. The van der Waals surface area contributed by atoms with Crippen molar-refractivity contribution < 1.29 is 4.79 Å². The maximum atomic E-state index is 12.0. The SMILES string of the molecule is Cc1nn(CC(=O)Nc2ccc(Cl)cc2N)c(C)c1C. The van der Waals surface area contributed by atoms with Crippen LogP contribution >= 0.6 is 11.6 Å². The molecule has 20 heavy (non-hydrogen) atoms. The average Bonchev–Trinajstić information content (AvgIpc) is 2.61. The second kappa shape index (κ2) is 5.54. The molecule has 2 aromatic rings. The van der Waals surface area contributed by atoms with Crippen LogP contribution in [0.15, 0.2) is 18.2 Å². The third-order valence-corrected chi connectivity index (χ3v) is 3.56. The molecular formula is C14H17ClN4O. The van der Waals surface area contributed by atoms with E-state index in [4.69, 9.17) is 17.3 Å². The number of hydrogen-bond donors (Lipinski definition) is 2. The molecule has 0 saturated heterocycles. The molecule has 0 aliphatic heterocycles. The van der Waals surface area contributed by atoms with Crippen molar-refractivity contribution in [3.8, 4) is 0 Å². The van der Waals surface area contributed by atoms with E-state index in [-0.39, 0.29) is 12.5 Å². The van der Waals surface area contributed by atoms with Gasteiger partial charge >= 0.3 is 0 Å². The molecule has 0 spiro atoms. The summed E-state index contributed by atoms with van der Waals surface area (Å²) in [6, 6.07) is 4.97. The minimum atomic E-state index is -0.176.